The molecule has 24 heavy (non-hydrogen) atoms. The molecule has 0 amide bonds. The quantitative estimate of drug-likeness (QED) is 0.453. The second-order valence-electron chi connectivity index (χ2n) is 5.83. The average Bonchev–Trinajstić information content (AvgIpc) is 3.01. The van der Waals surface area contributed by atoms with Crippen LogP contribution in [-0.4, -0.2) is 18.7 Å². The number of benzene rings is 2. The highest BCUT2D eigenvalue weighted by atomic mass is 32.2. The van der Waals surface area contributed by atoms with Crippen LogP contribution in [0.1, 0.15) is 12.3 Å². The van der Waals surface area contributed by atoms with Crippen molar-refractivity contribution in [2.75, 3.05) is 5.75 Å². The van der Waals surface area contributed by atoms with Crippen LogP contribution in [0.15, 0.2) is 45.2 Å². The Bertz CT molecular complexity index is 1170. The summed E-state index contributed by atoms with van der Waals surface area (Å²) in [5.41, 5.74) is 3.13. The van der Waals surface area contributed by atoms with Gasteiger partial charge < -0.3 is 8.83 Å². The third-order valence-electron chi connectivity index (χ3n) is 4.17. The normalized spacial score (nSPS) is 12.6. The molecule has 0 aliphatic carbocycles. The van der Waals surface area contributed by atoms with Crippen molar-refractivity contribution in [3.05, 3.63) is 42.3 Å². The lowest BCUT2D eigenvalue weighted by Crippen LogP contribution is -2.36. The number of nitrogens with zero attached hydrogens (tertiary/aromatic N) is 1. The highest BCUT2D eigenvalue weighted by Crippen LogP contribution is 2.31. The van der Waals surface area contributed by atoms with Crippen molar-refractivity contribution in [1.29, 1.82) is 0 Å². The largest absolute Gasteiger partial charge is 0.456 e. The number of aromatic nitrogens is 1. The zero-order valence-corrected chi connectivity index (χ0v) is 13.8. The average molecular weight is 346 g/mol. The monoisotopic (exact) mass is 346 g/mol. The molecule has 6 nitrogen and oxygen atoms in total. The molecule has 2 aromatic carbocycles. The lowest BCUT2D eigenvalue weighted by atomic mass is 10.1. The van der Waals surface area contributed by atoms with E-state index >= 15 is 0 Å². The molecule has 0 unspecified atom stereocenters. The molecule has 0 fully saturated rings. The number of para-hydroxylation sites is 1. The lowest BCUT2D eigenvalue weighted by molar-refractivity contribution is -0.682. The second-order valence-corrected chi connectivity index (χ2v) is 7.40. The lowest BCUT2D eigenvalue weighted by Gasteiger charge is -1.95. The van der Waals surface area contributed by atoms with Gasteiger partial charge in [-0.1, -0.05) is 18.2 Å². The maximum atomic E-state index is 10.9. The van der Waals surface area contributed by atoms with Gasteiger partial charge in [-0.3, -0.25) is 4.55 Å². The number of oxazole rings is 1. The Labute approximate surface area is 138 Å². The Balaban J connectivity index is 1.84. The van der Waals surface area contributed by atoms with Gasteiger partial charge in [-0.2, -0.15) is 13.0 Å². The van der Waals surface area contributed by atoms with Crippen LogP contribution in [0.3, 0.4) is 0 Å². The van der Waals surface area contributed by atoms with E-state index in [1.807, 2.05) is 47.9 Å². The number of hydrogen-bond acceptors (Lipinski definition) is 4. The Morgan fingerprint density at radius 2 is 1.83 bits per heavy atom. The van der Waals surface area contributed by atoms with Crippen LogP contribution < -0.4 is 4.57 Å². The smallest absolute Gasteiger partial charge is 0.344 e. The maximum Gasteiger partial charge on any atom is 0.344 e. The summed E-state index contributed by atoms with van der Waals surface area (Å²) >= 11 is 0. The van der Waals surface area contributed by atoms with Crippen molar-refractivity contribution in [2.45, 2.75) is 19.9 Å². The van der Waals surface area contributed by atoms with E-state index in [1.54, 1.807) is 0 Å². The number of aryl methyl sites for hydroxylation is 2. The van der Waals surface area contributed by atoms with E-state index in [-0.39, 0.29) is 5.75 Å². The summed E-state index contributed by atoms with van der Waals surface area (Å²) in [6.45, 7) is 2.27. The van der Waals surface area contributed by atoms with Gasteiger partial charge in [0.05, 0.1) is 12.7 Å². The summed E-state index contributed by atoms with van der Waals surface area (Å²) in [6, 6.07) is 11.7. The topological polar surface area (TPSA) is 84.5 Å². The van der Waals surface area contributed by atoms with Crippen LogP contribution in [0, 0.1) is 6.92 Å². The molecule has 0 radical (unpaired) electrons. The van der Waals surface area contributed by atoms with Crippen molar-refractivity contribution in [1.82, 2.24) is 0 Å². The molecule has 0 aliphatic heterocycles. The molecule has 1 N–H and O–H groups in total. The molecule has 4 rings (SSSR count). The molecular weight excluding hydrogens is 330 g/mol. The van der Waals surface area contributed by atoms with Gasteiger partial charge in [-0.05, 0) is 6.07 Å². The summed E-state index contributed by atoms with van der Waals surface area (Å²) in [6.07, 6.45) is 0.309. The van der Waals surface area contributed by atoms with Crippen LogP contribution in [0.5, 0.6) is 0 Å². The molecule has 124 valence electrons. The van der Waals surface area contributed by atoms with Crippen LogP contribution in [0.2, 0.25) is 0 Å². The molecular formula is C17H16NO5S+. The van der Waals surface area contributed by atoms with Gasteiger partial charge in [0.1, 0.15) is 11.2 Å². The van der Waals surface area contributed by atoms with E-state index in [2.05, 4.69) is 0 Å². The van der Waals surface area contributed by atoms with E-state index in [0.717, 1.165) is 27.5 Å². The highest BCUT2D eigenvalue weighted by Gasteiger charge is 2.22. The van der Waals surface area contributed by atoms with Crippen molar-refractivity contribution >= 4 is 43.2 Å². The minimum absolute atomic E-state index is 0.275. The first-order valence-corrected chi connectivity index (χ1v) is 9.23. The second kappa shape index (κ2) is 5.32. The van der Waals surface area contributed by atoms with Crippen molar-refractivity contribution in [2.24, 2.45) is 0 Å². The van der Waals surface area contributed by atoms with Gasteiger partial charge in [0.25, 0.3) is 15.6 Å². The molecule has 7 heteroatoms. The van der Waals surface area contributed by atoms with Gasteiger partial charge in [-0.25, -0.2) is 0 Å². The van der Waals surface area contributed by atoms with Gasteiger partial charge >= 0.3 is 5.89 Å². The summed E-state index contributed by atoms with van der Waals surface area (Å²) in [4.78, 5) is 0. The first-order chi connectivity index (χ1) is 11.4. The van der Waals surface area contributed by atoms with Crippen LogP contribution in [0.4, 0.5) is 0 Å². The van der Waals surface area contributed by atoms with Gasteiger partial charge in [-0.15, -0.1) is 0 Å². The molecule has 0 saturated heterocycles. The maximum absolute atomic E-state index is 10.9. The molecule has 0 aliphatic rings. The van der Waals surface area contributed by atoms with E-state index in [0.29, 0.717) is 24.4 Å². The Morgan fingerprint density at radius 3 is 2.62 bits per heavy atom. The zero-order chi connectivity index (χ0) is 16.9. The Hall–Kier alpha value is -2.38. The minimum Gasteiger partial charge on any atom is -0.456 e. The number of fused-ring (bicyclic) bond motifs is 4. The van der Waals surface area contributed by atoms with E-state index in [1.165, 1.54) is 0 Å². The minimum atomic E-state index is -3.96. The van der Waals surface area contributed by atoms with Crippen LogP contribution in [-0.2, 0) is 16.7 Å². The van der Waals surface area contributed by atoms with Crippen molar-refractivity contribution in [3.63, 3.8) is 0 Å². The van der Waals surface area contributed by atoms with Gasteiger partial charge in [0.15, 0.2) is 6.54 Å². The number of hydrogen-bond donors (Lipinski definition) is 1. The summed E-state index contributed by atoms with van der Waals surface area (Å²) in [5, 5.41) is 2.01. The molecule has 2 heterocycles. The molecule has 2 aromatic heterocycles. The van der Waals surface area contributed by atoms with Crippen molar-refractivity contribution in [3.8, 4) is 0 Å². The standard InChI is InChI=1S/C17H15NO5S/c1-11-18(7-4-8-24(19,20)21)14-9-13-12-5-2-3-6-15(12)23-16(13)10-17(14)22-11/h2-3,5-6,9-10H,4,7-8H2,1H3/p+1. The van der Waals surface area contributed by atoms with Gasteiger partial charge in [0, 0.05) is 29.3 Å². The summed E-state index contributed by atoms with van der Waals surface area (Å²) in [5.74, 6) is 0.403. The summed E-state index contributed by atoms with van der Waals surface area (Å²) in [7, 11) is -3.96. The predicted octanol–water partition coefficient (Wildman–Crippen LogP) is 3.21. The van der Waals surface area contributed by atoms with E-state index < -0.39 is 10.1 Å². The molecule has 0 spiro atoms. The van der Waals surface area contributed by atoms with Gasteiger partial charge in [0.2, 0.25) is 5.58 Å². The number of rotatable bonds is 4. The number of furan rings is 1. The molecule has 0 atom stereocenters. The first kappa shape index (κ1) is 15.2. The fourth-order valence-corrected chi connectivity index (χ4v) is 3.59. The molecule has 0 bridgehead atoms. The van der Waals surface area contributed by atoms with Crippen LogP contribution in [0.25, 0.3) is 33.0 Å². The fourth-order valence-electron chi connectivity index (χ4n) is 3.10. The first-order valence-electron chi connectivity index (χ1n) is 7.62. The zero-order valence-electron chi connectivity index (χ0n) is 13.0. The Kier molecular flexibility index (Phi) is 3.36. The predicted molar refractivity (Wildman–Crippen MR) is 89.5 cm³/mol. The SMILES string of the molecule is Cc1oc2cc3oc4ccccc4c3cc2[n+]1CCCS(=O)(=O)O. The molecule has 4 aromatic rings. The third kappa shape index (κ3) is 2.55. The van der Waals surface area contributed by atoms with Crippen LogP contribution >= 0.6 is 0 Å². The van der Waals surface area contributed by atoms with E-state index in [4.69, 9.17) is 13.4 Å². The third-order valence-corrected chi connectivity index (χ3v) is 4.98. The summed E-state index contributed by atoms with van der Waals surface area (Å²) < 4.78 is 44.2. The van der Waals surface area contributed by atoms with E-state index in [9.17, 15) is 8.42 Å². The Morgan fingerprint density at radius 1 is 1.04 bits per heavy atom. The highest BCUT2D eigenvalue weighted by molar-refractivity contribution is 7.85. The fraction of sp³-hybridized carbons (Fsp3) is 0.235. The van der Waals surface area contributed by atoms with Crippen molar-refractivity contribution < 1.29 is 26.4 Å². The molecule has 0 saturated carbocycles.